The maximum absolute atomic E-state index is 13.0. The lowest BCUT2D eigenvalue weighted by molar-refractivity contribution is 0.0712. The standard InChI is InChI=1S/C24H32N6O2/c1-15(2)14-30-19-18(6-9-25-20(19)28-23(30)32)16-7-10-29(11-8-16)21(31)17-12-26-22(27-13-17)24(3,4)5/h6,9,12-13,15-16H,7-8,10-11,14H2,1-5H3,(H,25,28,32). The van der Waals surface area contributed by atoms with E-state index in [2.05, 4.69) is 54.6 Å². The minimum Gasteiger partial charge on any atom is -0.339 e. The van der Waals surface area contributed by atoms with Gasteiger partial charge in [0.15, 0.2) is 5.65 Å². The summed E-state index contributed by atoms with van der Waals surface area (Å²) < 4.78 is 1.81. The summed E-state index contributed by atoms with van der Waals surface area (Å²) in [6.07, 6.45) is 6.72. The number of nitrogens with one attached hydrogen (secondary N) is 1. The van der Waals surface area contributed by atoms with E-state index in [1.165, 1.54) is 0 Å². The molecule has 8 nitrogen and oxygen atoms in total. The summed E-state index contributed by atoms with van der Waals surface area (Å²) in [5.74, 6) is 1.33. The molecule has 1 amide bonds. The highest BCUT2D eigenvalue weighted by molar-refractivity contribution is 5.93. The molecule has 4 rings (SSSR count). The first-order valence-electron chi connectivity index (χ1n) is 11.3. The number of carbonyl (C=O) groups is 1. The van der Waals surface area contributed by atoms with Crippen molar-refractivity contribution in [3.05, 3.63) is 52.1 Å². The van der Waals surface area contributed by atoms with Gasteiger partial charge in [-0.1, -0.05) is 34.6 Å². The molecule has 0 aliphatic carbocycles. The van der Waals surface area contributed by atoms with Crippen LogP contribution in [-0.4, -0.2) is 48.4 Å². The molecule has 4 heterocycles. The van der Waals surface area contributed by atoms with Crippen molar-refractivity contribution in [2.24, 2.45) is 5.92 Å². The Bertz CT molecular complexity index is 1160. The molecule has 3 aromatic rings. The van der Waals surface area contributed by atoms with Gasteiger partial charge in [0, 0.05) is 43.6 Å². The third-order valence-electron chi connectivity index (χ3n) is 6.04. The zero-order valence-electron chi connectivity index (χ0n) is 19.6. The fourth-order valence-corrected chi connectivity index (χ4v) is 4.39. The molecule has 1 aliphatic rings. The molecule has 0 saturated carbocycles. The van der Waals surface area contributed by atoms with Crippen LogP contribution in [-0.2, 0) is 12.0 Å². The van der Waals surface area contributed by atoms with Gasteiger partial charge < -0.3 is 4.90 Å². The monoisotopic (exact) mass is 436 g/mol. The number of hydrogen-bond acceptors (Lipinski definition) is 5. The summed E-state index contributed by atoms with van der Waals surface area (Å²) in [4.78, 5) is 43.4. The highest BCUT2D eigenvalue weighted by atomic mass is 16.2. The van der Waals surface area contributed by atoms with E-state index in [1.54, 1.807) is 18.6 Å². The van der Waals surface area contributed by atoms with Gasteiger partial charge in [0.25, 0.3) is 5.91 Å². The summed E-state index contributed by atoms with van der Waals surface area (Å²) >= 11 is 0. The Kier molecular flexibility index (Phi) is 5.88. The molecule has 170 valence electrons. The Morgan fingerprint density at radius 3 is 2.41 bits per heavy atom. The first-order chi connectivity index (χ1) is 15.1. The summed E-state index contributed by atoms with van der Waals surface area (Å²) in [5, 5.41) is 0. The predicted molar refractivity (Wildman–Crippen MR) is 124 cm³/mol. The van der Waals surface area contributed by atoms with Crippen molar-refractivity contribution in [2.45, 2.75) is 65.3 Å². The molecule has 1 N–H and O–H groups in total. The SMILES string of the molecule is CC(C)Cn1c(=O)[nH]c2nccc(C3CCN(C(=O)c4cnc(C(C)(C)C)nc4)CC3)c21. The Hall–Kier alpha value is -3.03. The van der Waals surface area contributed by atoms with Gasteiger partial charge in [0.1, 0.15) is 5.82 Å². The van der Waals surface area contributed by atoms with Crippen molar-refractivity contribution >= 4 is 17.1 Å². The molecule has 1 aliphatic heterocycles. The number of hydrogen-bond donors (Lipinski definition) is 1. The molecule has 1 fully saturated rings. The first-order valence-corrected chi connectivity index (χ1v) is 11.3. The first kappa shape index (κ1) is 22.2. The summed E-state index contributed by atoms with van der Waals surface area (Å²) in [6, 6.07) is 2.02. The van der Waals surface area contributed by atoms with Crippen LogP contribution in [0.5, 0.6) is 0 Å². The van der Waals surface area contributed by atoms with Crippen LogP contribution in [0.3, 0.4) is 0 Å². The highest BCUT2D eigenvalue weighted by Crippen LogP contribution is 2.32. The van der Waals surface area contributed by atoms with Gasteiger partial charge >= 0.3 is 5.69 Å². The molecule has 1 saturated heterocycles. The van der Waals surface area contributed by atoms with Crippen molar-refractivity contribution in [3.8, 4) is 0 Å². The van der Waals surface area contributed by atoms with Gasteiger partial charge in [-0.15, -0.1) is 0 Å². The van der Waals surface area contributed by atoms with E-state index in [-0.39, 0.29) is 22.9 Å². The second kappa shape index (κ2) is 8.48. The van der Waals surface area contributed by atoms with Crippen LogP contribution in [0.15, 0.2) is 29.5 Å². The van der Waals surface area contributed by atoms with Crippen LogP contribution in [0.4, 0.5) is 0 Å². The van der Waals surface area contributed by atoms with E-state index in [1.807, 2.05) is 15.5 Å². The van der Waals surface area contributed by atoms with Crippen molar-refractivity contribution in [3.63, 3.8) is 0 Å². The zero-order chi connectivity index (χ0) is 23.0. The van der Waals surface area contributed by atoms with Crippen LogP contribution < -0.4 is 5.69 Å². The molecule has 3 aromatic heterocycles. The van der Waals surface area contributed by atoms with Gasteiger partial charge in [-0.3, -0.25) is 14.3 Å². The quantitative estimate of drug-likeness (QED) is 0.675. The van der Waals surface area contributed by atoms with E-state index in [9.17, 15) is 9.59 Å². The molecule has 8 heteroatoms. The second-order valence-electron chi connectivity index (χ2n) is 10.1. The number of amides is 1. The smallest absolute Gasteiger partial charge is 0.327 e. The molecule has 0 unspecified atom stereocenters. The summed E-state index contributed by atoms with van der Waals surface area (Å²) in [7, 11) is 0. The molecular formula is C24H32N6O2. The van der Waals surface area contributed by atoms with Gasteiger partial charge in [-0.05, 0) is 36.3 Å². The van der Waals surface area contributed by atoms with E-state index in [0.29, 0.717) is 36.8 Å². The van der Waals surface area contributed by atoms with Gasteiger partial charge in [-0.2, -0.15) is 0 Å². The molecule has 0 bridgehead atoms. The third-order valence-corrected chi connectivity index (χ3v) is 6.04. The van der Waals surface area contributed by atoms with E-state index in [0.717, 1.165) is 29.7 Å². The Labute approximate surface area is 188 Å². The van der Waals surface area contributed by atoms with E-state index < -0.39 is 0 Å². The Morgan fingerprint density at radius 1 is 1.16 bits per heavy atom. The lowest BCUT2D eigenvalue weighted by atomic mass is 9.89. The minimum absolute atomic E-state index is 0.0258. The lowest BCUT2D eigenvalue weighted by Gasteiger charge is -2.32. The van der Waals surface area contributed by atoms with Crippen LogP contribution in [0, 0.1) is 5.92 Å². The van der Waals surface area contributed by atoms with Crippen molar-refractivity contribution in [1.29, 1.82) is 0 Å². The van der Waals surface area contributed by atoms with Crippen LogP contribution in [0.1, 0.15) is 75.1 Å². The van der Waals surface area contributed by atoms with E-state index in [4.69, 9.17) is 0 Å². The number of nitrogens with zero attached hydrogens (tertiary/aromatic N) is 5. The average Bonchev–Trinajstić information content (AvgIpc) is 3.07. The van der Waals surface area contributed by atoms with Crippen molar-refractivity contribution in [2.75, 3.05) is 13.1 Å². The van der Waals surface area contributed by atoms with Crippen LogP contribution in [0.2, 0.25) is 0 Å². The Morgan fingerprint density at radius 2 is 1.81 bits per heavy atom. The van der Waals surface area contributed by atoms with Crippen LogP contribution in [0.25, 0.3) is 11.2 Å². The molecular weight excluding hydrogens is 404 g/mol. The number of imidazole rings is 1. The maximum Gasteiger partial charge on any atom is 0.327 e. The number of aromatic amines is 1. The maximum atomic E-state index is 13.0. The number of aromatic nitrogens is 5. The number of piperidine rings is 1. The number of likely N-dealkylation sites (tertiary alicyclic amines) is 1. The number of rotatable bonds is 4. The van der Waals surface area contributed by atoms with Gasteiger partial charge in [-0.25, -0.2) is 19.7 Å². The van der Waals surface area contributed by atoms with E-state index >= 15 is 0 Å². The van der Waals surface area contributed by atoms with Crippen molar-refractivity contribution < 1.29 is 4.79 Å². The highest BCUT2D eigenvalue weighted by Gasteiger charge is 2.28. The normalized spacial score (nSPS) is 15.6. The fourth-order valence-electron chi connectivity index (χ4n) is 4.39. The topological polar surface area (TPSA) is 96.8 Å². The fraction of sp³-hybridized carbons (Fsp3) is 0.542. The van der Waals surface area contributed by atoms with Gasteiger partial charge in [0.05, 0.1) is 11.1 Å². The average molecular weight is 437 g/mol. The number of H-pyrrole nitrogens is 1. The molecule has 0 aromatic carbocycles. The Balaban J connectivity index is 1.51. The van der Waals surface area contributed by atoms with Crippen LogP contribution >= 0.6 is 0 Å². The largest absolute Gasteiger partial charge is 0.339 e. The number of fused-ring (bicyclic) bond motifs is 1. The van der Waals surface area contributed by atoms with Gasteiger partial charge in [0.2, 0.25) is 0 Å². The second-order valence-corrected chi connectivity index (χ2v) is 10.1. The van der Waals surface area contributed by atoms with Crippen molar-refractivity contribution in [1.82, 2.24) is 29.4 Å². The summed E-state index contributed by atoms with van der Waals surface area (Å²) in [5.41, 5.74) is 2.95. The third kappa shape index (κ3) is 4.31. The zero-order valence-corrected chi connectivity index (χ0v) is 19.6. The number of carbonyl (C=O) groups excluding carboxylic acids is 1. The molecule has 0 spiro atoms. The lowest BCUT2D eigenvalue weighted by Crippen LogP contribution is -2.38. The minimum atomic E-state index is -0.148. The molecule has 32 heavy (non-hydrogen) atoms. The summed E-state index contributed by atoms with van der Waals surface area (Å²) in [6.45, 7) is 12.3. The number of pyridine rings is 1. The molecule has 0 radical (unpaired) electrons. The predicted octanol–water partition coefficient (Wildman–Crippen LogP) is 3.49. The molecule has 0 atom stereocenters.